The molecule has 0 unspecified atom stereocenters. The highest BCUT2D eigenvalue weighted by atomic mass is 16.4. The van der Waals surface area contributed by atoms with E-state index in [1.807, 2.05) is 60.7 Å². The Bertz CT molecular complexity index is 3440. The number of carboxylic acids is 1. The summed E-state index contributed by atoms with van der Waals surface area (Å²) >= 11 is 0. The summed E-state index contributed by atoms with van der Waals surface area (Å²) < 4.78 is 0. The van der Waals surface area contributed by atoms with Crippen molar-refractivity contribution in [2.24, 2.45) is 71.6 Å². The van der Waals surface area contributed by atoms with Crippen molar-refractivity contribution in [3.05, 3.63) is 108 Å². The number of nitrogens with one attached hydrogen (secondary N) is 9. The lowest BCUT2D eigenvalue weighted by Crippen LogP contribution is -2.60. The number of nitrogens with zero attached hydrogens (tertiary/aromatic N) is 4. The van der Waals surface area contributed by atoms with Crippen molar-refractivity contribution in [2.75, 3.05) is 26.2 Å². The van der Waals surface area contributed by atoms with E-state index in [9.17, 15) is 33.9 Å². The SMILES string of the molecule is NC(N)=NCCC[C@H](NC(=O)[C@H](CCCN=C(N)N)NC(=O)[C@H](Cc1c[nH]c2ccccc12)NC(=O)[C@H](Cc1c[nH]c2ccccc12)NC(=O)[C@H](CCCN=C(N)N)NC(=O)[C@H](CCCN=C(N)N)NC(=O)[C@@H](N)Cc1c[nH]c2ccccc12)C(=O)O. The highest BCUT2D eigenvalue weighted by molar-refractivity contribution is 5.98. The molecule has 30 heteroatoms. The summed E-state index contributed by atoms with van der Waals surface area (Å²) in [5, 5.41) is 28.9. The molecule has 30 nitrogen and oxygen atoms in total. The fourth-order valence-electron chi connectivity index (χ4n) is 9.81. The molecule has 87 heavy (non-hydrogen) atoms. The van der Waals surface area contributed by atoms with Crippen LogP contribution in [0.3, 0.4) is 0 Å². The quantitative estimate of drug-likeness (QED) is 0.0113. The van der Waals surface area contributed by atoms with Gasteiger partial charge in [0.05, 0.1) is 6.04 Å². The molecule has 6 aromatic rings. The van der Waals surface area contributed by atoms with Crippen LogP contribution in [0.4, 0.5) is 0 Å². The lowest BCUT2D eigenvalue weighted by molar-refractivity contribution is -0.142. The predicted molar refractivity (Wildman–Crippen MR) is 333 cm³/mol. The largest absolute Gasteiger partial charge is 0.480 e. The van der Waals surface area contributed by atoms with Gasteiger partial charge in [-0.15, -0.1) is 0 Å². The first-order chi connectivity index (χ1) is 41.7. The Balaban J connectivity index is 1.32. The standard InChI is InChI=1S/C57H80N22O8/c58-37(25-31-28-71-38-14-4-1-11-34(31)38)47(80)74-41(17-7-21-67-54(59)60)48(81)75-43(19-9-23-69-56(63)64)50(83)78-46(27-33-30-73-40-16-6-3-13-36(33)40)52(85)79-45(26-32-29-72-39-15-5-2-12-35(32)39)51(84)76-42(18-8-22-68-55(61)62)49(82)77-44(53(86)87)20-10-24-70-57(65)66/h1-6,11-16,28-30,37,41-46,71-73H,7-10,17-27,58H2,(H,74,80)(H,75,81)(H,76,84)(H,77,82)(H,78,83)(H,79,85)(H,86,87)(H4,59,60,67)(H4,61,62,68)(H4,63,64,69)(H4,65,66,70)/t37-,41-,42-,43-,44-,45-,46-/m0/s1. The smallest absolute Gasteiger partial charge is 0.326 e. The number of carbonyl (C=O) groups is 7. The summed E-state index contributed by atoms with van der Waals surface area (Å²) in [4.78, 5) is 126. The molecule has 3 aromatic carbocycles. The Hall–Kier alpha value is -10.4. The number of aliphatic imine (C=N–C) groups is 4. The van der Waals surface area contributed by atoms with Crippen molar-refractivity contribution in [2.45, 2.75) is 113 Å². The summed E-state index contributed by atoms with van der Waals surface area (Å²) in [7, 11) is 0. The van der Waals surface area contributed by atoms with Crippen LogP contribution >= 0.6 is 0 Å². The lowest BCUT2D eigenvalue weighted by atomic mass is 10.00. The van der Waals surface area contributed by atoms with E-state index < -0.39 is 83.7 Å². The Morgan fingerprint density at radius 3 is 0.966 bits per heavy atom. The number of guanidine groups is 4. The summed E-state index contributed by atoms with van der Waals surface area (Å²) in [6, 6.07) is 12.5. The first kappa shape index (κ1) is 65.8. The summed E-state index contributed by atoms with van der Waals surface area (Å²) in [5.41, 5.74) is 55.2. The van der Waals surface area contributed by atoms with Crippen LogP contribution in [0, 0.1) is 0 Å². The number of fused-ring (bicyclic) bond motifs is 3. The maximum absolute atomic E-state index is 15.2. The van der Waals surface area contributed by atoms with Gasteiger partial charge in [0.1, 0.15) is 36.3 Å². The van der Waals surface area contributed by atoms with Gasteiger partial charge < -0.3 is 104 Å². The number of aliphatic carboxylic acids is 1. The molecule has 0 spiro atoms. The van der Waals surface area contributed by atoms with Crippen molar-refractivity contribution in [3.63, 3.8) is 0 Å². The van der Waals surface area contributed by atoms with Crippen molar-refractivity contribution in [3.8, 4) is 0 Å². The van der Waals surface area contributed by atoms with Crippen LogP contribution in [0.2, 0.25) is 0 Å². The molecular formula is C57H80N22O8. The van der Waals surface area contributed by atoms with E-state index in [4.69, 9.17) is 51.6 Å². The van der Waals surface area contributed by atoms with Gasteiger partial charge in [0.2, 0.25) is 35.4 Å². The van der Waals surface area contributed by atoms with Gasteiger partial charge in [0.25, 0.3) is 0 Å². The molecule has 0 aliphatic heterocycles. The van der Waals surface area contributed by atoms with Crippen LogP contribution in [-0.2, 0) is 52.8 Å². The minimum atomic E-state index is -1.47. The molecule has 3 aromatic heterocycles. The highest BCUT2D eigenvalue weighted by Gasteiger charge is 2.35. The second-order valence-electron chi connectivity index (χ2n) is 20.8. The van der Waals surface area contributed by atoms with Crippen LogP contribution < -0.4 is 83.5 Å². The van der Waals surface area contributed by atoms with Gasteiger partial charge in [-0.25, -0.2) is 4.79 Å². The molecule has 0 saturated heterocycles. The number of rotatable bonds is 35. The number of H-pyrrole nitrogens is 3. The summed E-state index contributed by atoms with van der Waals surface area (Å²) in [5.74, 6) is -7.01. The molecule has 0 radical (unpaired) electrons. The Morgan fingerprint density at radius 2 is 0.644 bits per heavy atom. The van der Waals surface area contributed by atoms with E-state index in [0.717, 1.165) is 27.5 Å². The van der Waals surface area contributed by atoms with Crippen molar-refractivity contribution in [1.82, 2.24) is 46.9 Å². The third kappa shape index (κ3) is 20.4. The number of amides is 6. The van der Waals surface area contributed by atoms with Crippen LogP contribution in [0.25, 0.3) is 32.7 Å². The average Bonchev–Trinajstić information content (AvgIpc) is 3.28. The van der Waals surface area contributed by atoms with Gasteiger partial charge in [-0.05, 0) is 92.7 Å². The molecule has 6 amide bonds. The van der Waals surface area contributed by atoms with E-state index in [1.54, 1.807) is 30.7 Å². The minimum absolute atomic E-state index is 0.00158. The number of aromatic amines is 3. The molecule has 0 bridgehead atoms. The molecule has 0 aliphatic rings. The minimum Gasteiger partial charge on any atom is -0.480 e. The molecule has 28 N–H and O–H groups in total. The third-order valence-electron chi connectivity index (χ3n) is 14.2. The molecule has 0 saturated carbocycles. The normalized spacial score (nSPS) is 13.5. The van der Waals surface area contributed by atoms with Gasteiger partial charge >= 0.3 is 5.97 Å². The van der Waals surface area contributed by atoms with Gasteiger partial charge in [-0.3, -0.25) is 48.7 Å². The maximum Gasteiger partial charge on any atom is 0.326 e. The molecule has 0 aliphatic carbocycles. The Morgan fingerprint density at radius 1 is 0.379 bits per heavy atom. The zero-order valence-corrected chi connectivity index (χ0v) is 48.1. The van der Waals surface area contributed by atoms with Gasteiger partial charge in [0.15, 0.2) is 23.8 Å². The maximum atomic E-state index is 15.2. The number of carbonyl (C=O) groups excluding carboxylic acids is 6. The first-order valence-electron chi connectivity index (χ1n) is 28.3. The fourth-order valence-corrected chi connectivity index (χ4v) is 9.81. The second kappa shape index (κ2) is 32.6. The van der Waals surface area contributed by atoms with Crippen molar-refractivity contribution < 1.29 is 38.7 Å². The third-order valence-corrected chi connectivity index (χ3v) is 14.2. The molecule has 6 rings (SSSR count). The molecule has 3 heterocycles. The predicted octanol–water partition coefficient (Wildman–Crippen LogP) is -2.31. The number of carboxylic acid groups (broad SMARTS) is 1. The van der Waals surface area contributed by atoms with E-state index in [0.29, 0.717) is 21.9 Å². The fraction of sp³-hybridized carbons (Fsp3) is 0.386. The number of hydrogen-bond donors (Lipinski definition) is 19. The molecule has 0 fully saturated rings. The topological polar surface area (TPSA) is 543 Å². The van der Waals surface area contributed by atoms with Gasteiger partial charge in [0, 0.05) is 90.3 Å². The summed E-state index contributed by atoms with van der Waals surface area (Å²) in [6.45, 7) is 0.256. The van der Waals surface area contributed by atoms with Gasteiger partial charge in [-0.2, -0.15) is 0 Å². The zero-order valence-electron chi connectivity index (χ0n) is 48.1. The van der Waals surface area contributed by atoms with E-state index in [2.05, 4.69) is 66.8 Å². The number of para-hydroxylation sites is 3. The number of nitrogens with two attached hydrogens (primary N) is 9. The van der Waals surface area contributed by atoms with Crippen molar-refractivity contribution in [1.29, 1.82) is 0 Å². The number of benzene rings is 3. The summed E-state index contributed by atoms with van der Waals surface area (Å²) in [6.07, 6.45) is 5.34. The van der Waals surface area contributed by atoms with Gasteiger partial charge in [-0.1, -0.05) is 54.6 Å². The van der Waals surface area contributed by atoms with Crippen LogP contribution in [0.5, 0.6) is 0 Å². The lowest BCUT2D eigenvalue weighted by Gasteiger charge is -2.28. The van der Waals surface area contributed by atoms with Crippen molar-refractivity contribution >= 4 is 98.0 Å². The molecule has 7 atom stereocenters. The average molecular weight is 1200 g/mol. The monoisotopic (exact) mass is 1200 g/mol. The highest BCUT2D eigenvalue weighted by Crippen LogP contribution is 2.23. The van der Waals surface area contributed by atoms with Crippen LogP contribution in [0.1, 0.15) is 68.1 Å². The molecular weight excluding hydrogens is 1120 g/mol. The first-order valence-corrected chi connectivity index (χ1v) is 28.3. The van der Waals surface area contributed by atoms with E-state index >= 15 is 4.79 Å². The van der Waals surface area contributed by atoms with Crippen LogP contribution in [-0.4, -0.2) is 154 Å². The van der Waals surface area contributed by atoms with E-state index in [-0.39, 0.29) is 121 Å². The zero-order chi connectivity index (χ0) is 63.0. The molecule has 466 valence electrons. The number of aromatic nitrogens is 3. The van der Waals surface area contributed by atoms with E-state index in [1.165, 1.54) is 0 Å². The Kier molecular flexibility index (Phi) is 24.6. The Labute approximate surface area is 500 Å². The number of hydrogen-bond acceptors (Lipinski definition) is 12. The van der Waals surface area contributed by atoms with Crippen LogP contribution in [0.15, 0.2) is 111 Å². The second-order valence-corrected chi connectivity index (χ2v) is 20.8.